The van der Waals surface area contributed by atoms with Gasteiger partial charge in [0, 0.05) is 10.5 Å². The summed E-state index contributed by atoms with van der Waals surface area (Å²) in [6.45, 7) is 0. The first-order valence-electron chi connectivity index (χ1n) is 6.28. The molecule has 0 aliphatic carbocycles. The van der Waals surface area contributed by atoms with Gasteiger partial charge >= 0.3 is 0 Å². The smallest absolute Gasteiger partial charge is 0.173 e. The van der Waals surface area contributed by atoms with Gasteiger partial charge in [-0.3, -0.25) is 4.79 Å². The van der Waals surface area contributed by atoms with Crippen molar-refractivity contribution in [1.29, 1.82) is 0 Å². The Bertz CT molecular complexity index is 643. The number of halogens is 1. The van der Waals surface area contributed by atoms with Crippen LogP contribution in [0.25, 0.3) is 0 Å². The van der Waals surface area contributed by atoms with Crippen molar-refractivity contribution in [3.63, 3.8) is 0 Å². The molecule has 5 heteroatoms. The summed E-state index contributed by atoms with van der Waals surface area (Å²) in [4.78, 5) is 13.0. The molecule has 2 aromatic rings. The first kappa shape index (κ1) is 15.4. The van der Waals surface area contributed by atoms with Gasteiger partial charge in [0.25, 0.3) is 0 Å². The van der Waals surface area contributed by atoms with Gasteiger partial charge in [0.05, 0.1) is 20.0 Å². The van der Waals surface area contributed by atoms with Crippen LogP contribution in [0.1, 0.15) is 10.4 Å². The van der Waals surface area contributed by atoms with E-state index in [0.29, 0.717) is 5.56 Å². The number of methoxy groups -OCH3 is 2. The van der Waals surface area contributed by atoms with Gasteiger partial charge in [0.15, 0.2) is 17.3 Å². The van der Waals surface area contributed by atoms with E-state index in [1.54, 1.807) is 13.2 Å². The maximum atomic E-state index is 13.6. The minimum absolute atomic E-state index is 0.129. The number of hydrogen-bond donors (Lipinski definition) is 0. The molecule has 0 N–H and O–H groups in total. The molecular weight excluding hydrogens is 291 g/mol. The first-order chi connectivity index (χ1) is 10.2. The number of carbonyl (C=O) groups is 1. The molecule has 0 unspecified atom stereocenters. The lowest BCUT2D eigenvalue weighted by atomic mass is 10.1. The minimum Gasteiger partial charge on any atom is -0.496 e. The number of ether oxygens (including phenoxy) is 2. The van der Waals surface area contributed by atoms with Crippen molar-refractivity contribution in [1.82, 2.24) is 0 Å². The topological polar surface area (TPSA) is 35.5 Å². The normalized spacial score (nSPS) is 10.2. The quantitative estimate of drug-likeness (QED) is 0.600. The fraction of sp³-hybridized carbons (Fsp3) is 0.188. The van der Waals surface area contributed by atoms with Crippen LogP contribution >= 0.6 is 11.8 Å². The van der Waals surface area contributed by atoms with Crippen molar-refractivity contribution in [2.45, 2.75) is 4.90 Å². The number of rotatable bonds is 6. The van der Waals surface area contributed by atoms with Crippen LogP contribution < -0.4 is 9.47 Å². The van der Waals surface area contributed by atoms with Gasteiger partial charge in [0.2, 0.25) is 0 Å². The number of benzene rings is 2. The van der Waals surface area contributed by atoms with E-state index in [1.807, 2.05) is 24.3 Å². The van der Waals surface area contributed by atoms with Gasteiger partial charge in [-0.15, -0.1) is 11.8 Å². The zero-order valence-electron chi connectivity index (χ0n) is 11.8. The molecule has 110 valence electrons. The molecule has 0 heterocycles. The second kappa shape index (κ2) is 7.13. The zero-order valence-corrected chi connectivity index (χ0v) is 12.6. The fourth-order valence-corrected chi connectivity index (χ4v) is 2.73. The lowest BCUT2D eigenvalue weighted by Gasteiger charge is -2.08. The molecule has 0 saturated heterocycles. The number of Topliss-reactive ketones (excluding diaryl/α,β-unsaturated/α-hetero) is 1. The molecular formula is C16H15FO3S. The predicted octanol–water partition coefficient (Wildman–Crippen LogP) is 3.82. The van der Waals surface area contributed by atoms with Crippen molar-refractivity contribution in [3.8, 4) is 11.5 Å². The van der Waals surface area contributed by atoms with Crippen molar-refractivity contribution in [2.75, 3.05) is 20.0 Å². The minimum atomic E-state index is -0.536. The summed E-state index contributed by atoms with van der Waals surface area (Å²) in [6, 6.07) is 11.7. The van der Waals surface area contributed by atoms with Gasteiger partial charge in [-0.2, -0.15) is 0 Å². The number of carbonyl (C=O) groups excluding carboxylic acids is 1. The average molecular weight is 306 g/mol. The largest absolute Gasteiger partial charge is 0.496 e. The van der Waals surface area contributed by atoms with E-state index in [4.69, 9.17) is 9.47 Å². The van der Waals surface area contributed by atoms with Crippen LogP contribution in [0.4, 0.5) is 4.39 Å². The highest BCUT2D eigenvalue weighted by Gasteiger charge is 2.12. The van der Waals surface area contributed by atoms with E-state index in [9.17, 15) is 9.18 Å². The monoisotopic (exact) mass is 306 g/mol. The van der Waals surface area contributed by atoms with Gasteiger partial charge in [-0.1, -0.05) is 12.1 Å². The molecule has 2 rings (SSSR count). The number of thioether (sulfide) groups is 1. The molecule has 0 aliphatic heterocycles. The average Bonchev–Trinajstić information content (AvgIpc) is 2.52. The van der Waals surface area contributed by atoms with E-state index in [2.05, 4.69) is 0 Å². The lowest BCUT2D eigenvalue weighted by Crippen LogP contribution is -2.03. The van der Waals surface area contributed by atoms with E-state index in [0.717, 1.165) is 10.6 Å². The highest BCUT2D eigenvalue weighted by atomic mass is 32.2. The Morgan fingerprint density at radius 1 is 1.10 bits per heavy atom. The first-order valence-corrected chi connectivity index (χ1v) is 7.27. The second-order valence-corrected chi connectivity index (χ2v) is 5.23. The van der Waals surface area contributed by atoms with Crippen LogP contribution in [-0.2, 0) is 0 Å². The maximum Gasteiger partial charge on any atom is 0.173 e. The van der Waals surface area contributed by atoms with Gasteiger partial charge in [-0.25, -0.2) is 4.39 Å². The Morgan fingerprint density at radius 2 is 1.81 bits per heavy atom. The Morgan fingerprint density at radius 3 is 2.48 bits per heavy atom. The molecule has 0 saturated carbocycles. The Labute approximate surface area is 127 Å². The standard InChI is InChI=1S/C16H15FO3S/c1-19-14-8-7-11(9-12(14)17)13(18)10-21-16-6-4-3-5-15(16)20-2/h3-9H,10H2,1-2H3. The third-order valence-electron chi connectivity index (χ3n) is 2.90. The van der Waals surface area contributed by atoms with Crippen LogP contribution in [0.2, 0.25) is 0 Å². The predicted molar refractivity (Wildman–Crippen MR) is 81.0 cm³/mol. The van der Waals surface area contributed by atoms with Crippen molar-refractivity contribution in [2.24, 2.45) is 0 Å². The maximum absolute atomic E-state index is 13.6. The number of hydrogen-bond acceptors (Lipinski definition) is 4. The van der Waals surface area contributed by atoms with Crippen molar-refractivity contribution >= 4 is 17.5 Å². The highest BCUT2D eigenvalue weighted by molar-refractivity contribution is 8.00. The Hall–Kier alpha value is -2.01. The highest BCUT2D eigenvalue weighted by Crippen LogP contribution is 2.29. The van der Waals surface area contributed by atoms with Crippen LogP contribution in [0.3, 0.4) is 0 Å². The molecule has 0 fully saturated rings. The number of ketones is 1. The van der Waals surface area contributed by atoms with Gasteiger partial charge < -0.3 is 9.47 Å². The van der Waals surface area contributed by atoms with E-state index < -0.39 is 5.82 Å². The number of para-hydroxylation sites is 1. The SMILES string of the molecule is COc1ccc(C(=O)CSc2ccccc2OC)cc1F. The molecule has 0 atom stereocenters. The molecule has 21 heavy (non-hydrogen) atoms. The summed E-state index contributed by atoms with van der Waals surface area (Å²) in [5.41, 5.74) is 0.329. The summed E-state index contributed by atoms with van der Waals surface area (Å²) >= 11 is 1.36. The summed E-state index contributed by atoms with van der Waals surface area (Å²) < 4.78 is 23.6. The summed E-state index contributed by atoms with van der Waals surface area (Å²) in [5.74, 6) is 0.379. The fourth-order valence-electron chi connectivity index (χ4n) is 1.80. The zero-order chi connectivity index (χ0) is 15.2. The molecule has 0 radical (unpaired) electrons. The summed E-state index contributed by atoms with van der Waals surface area (Å²) in [6.07, 6.45) is 0. The summed E-state index contributed by atoms with van der Waals surface area (Å²) in [5, 5.41) is 0. The third-order valence-corrected chi connectivity index (χ3v) is 3.96. The van der Waals surface area contributed by atoms with Crippen LogP contribution in [0.15, 0.2) is 47.4 Å². The molecule has 3 nitrogen and oxygen atoms in total. The van der Waals surface area contributed by atoms with Gasteiger partial charge in [-0.05, 0) is 30.3 Å². The van der Waals surface area contributed by atoms with Crippen LogP contribution in [-0.4, -0.2) is 25.8 Å². The molecule has 0 aromatic heterocycles. The molecule has 0 aliphatic rings. The molecule has 0 bridgehead atoms. The Kier molecular flexibility index (Phi) is 5.22. The van der Waals surface area contributed by atoms with Crippen LogP contribution in [0, 0.1) is 5.82 Å². The summed E-state index contributed by atoms with van der Waals surface area (Å²) in [7, 11) is 2.97. The van der Waals surface area contributed by atoms with E-state index in [1.165, 1.54) is 31.0 Å². The van der Waals surface area contributed by atoms with E-state index in [-0.39, 0.29) is 17.3 Å². The molecule has 2 aromatic carbocycles. The van der Waals surface area contributed by atoms with Crippen molar-refractivity contribution in [3.05, 3.63) is 53.8 Å². The van der Waals surface area contributed by atoms with Gasteiger partial charge in [0.1, 0.15) is 5.75 Å². The second-order valence-electron chi connectivity index (χ2n) is 4.21. The molecule has 0 amide bonds. The van der Waals surface area contributed by atoms with E-state index >= 15 is 0 Å². The molecule has 0 spiro atoms. The van der Waals surface area contributed by atoms with Crippen molar-refractivity contribution < 1.29 is 18.7 Å². The van der Waals surface area contributed by atoms with Crippen LogP contribution in [0.5, 0.6) is 11.5 Å². The third kappa shape index (κ3) is 3.76. The lowest BCUT2D eigenvalue weighted by molar-refractivity contribution is 0.102. The Balaban J connectivity index is 2.06.